The first kappa shape index (κ1) is 11.3. The molecule has 14 heavy (non-hydrogen) atoms. The van der Waals surface area contributed by atoms with E-state index in [-0.39, 0.29) is 12.4 Å². The number of anilines is 1. The fraction of sp³-hybridized carbons (Fsp3) is 0.750. The second-order valence-corrected chi connectivity index (χ2v) is 3.40. The van der Waals surface area contributed by atoms with E-state index >= 15 is 0 Å². The molecule has 1 aliphatic rings. The van der Waals surface area contributed by atoms with Gasteiger partial charge in [0.2, 0.25) is 5.89 Å². The van der Waals surface area contributed by atoms with Crippen molar-refractivity contribution >= 4 is 18.4 Å². The van der Waals surface area contributed by atoms with E-state index in [0.717, 1.165) is 19.6 Å². The van der Waals surface area contributed by atoms with E-state index in [2.05, 4.69) is 27.3 Å². The minimum Gasteiger partial charge on any atom is -0.408 e. The van der Waals surface area contributed by atoms with Gasteiger partial charge in [-0.25, -0.2) is 0 Å². The Morgan fingerprint density at radius 3 is 2.86 bits per heavy atom. The summed E-state index contributed by atoms with van der Waals surface area (Å²) in [6.45, 7) is 6.80. The molecule has 0 saturated carbocycles. The molecule has 5 nitrogen and oxygen atoms in total. The molecule has 0 bridgehead atoms. The van der Waals surface area contributed by atoms with Crippen molar-refractivity contribution in [3.05, 3.63) is 5.89 Å². The fourth-order valence-electron chi connectivity index (χ4n) is 1.52. The molecule has 0 unspecified atom stereocenters. The van der Waals surface area contributed by atoms with Crippen LogP contribution in [-0.4, -0.2) is 35.9 Å². The number of nitrogens with zero attached hydrogens (tertiary/aromatic N) is 3. The van der Waals surface area contributed by atoms with Crippen molar-refractivity contribution in [2.75, 3.05) is 24.5 Å². The first-order chi connectivity index (χ1) is 6.25. The highest BCUT2D eigenvalue weighted by atomic mass is 35.5. The maximum Gasteiger partial charge on any atom is 0.318 e. The monoisotopic (exact) mass is 218 g/mol. The third-order valence-electron chi connectivity index (χ3n) is 2.15. The second-order valence-electron chi connectivity index (χ2n) is 3.40. The predicted octanol–water partition coefficient (Wildman–Crippen LogP) is 0.598. The van der Waals surface area contributed by atoms with Crippen molar-refractivity contribution in [3.63, 3.8) is 0 Å². The van der Waals surface area contributed by atoms with Gasteiger partial charge in [0.05, 0.1) is 0 Å². The third-order valence-corrected chi connectivity index (χ3v) is 2.15. The van der Waals surface area contributed by atoms with Crippen LogP contribution >= 0.6 is 12.4 Å². The number of piperazine rings is 1. The topological polar surface area (TPSA) is 54.2 Å². The summed E-state index contributed by atoms with van der Waals surface area (Å²) in [7, 11) is 0. The van der Waals surface area contributed by atoms with Crippen LogP contribution in [0.3, 0.4) is 0 Å². The average Bonchev–Trinajstić information content (AvgIpc) is 2.52. The fourth-order valence-corrected chi connectivity index (χ4v) is 1.52. The van der Waals surface area contributed by atoms with Gasteiger partial charge in [0.1, 0.15) is 0 Å². The summed E-state index contributed by atoms with van der Waals surface area (Å²) in [5.41, 5.74) is 0. The molecule has 1 N–H and O–H groups in total. The van der Waals surface area contributed by atoms with Crippen LogP contribution < -0.4 is 10.2 Å². The number of nitrogens with one attached hydrogen (secondary N) is 1. The molecule has 2 heterocycles. The SMILES string of the molecule is Cc1nnc(N2CCN[C@@H](C)C2)o1.Cl. The van der Waals surface area contributed by atoms with E-state index < -0.39 is 0 Å². The third kappa shape index (κ3) is 2.36. The van der Waals surface area contributed by atoms with Gasteiger partial charge in [-0.3, -0.25) is 0 Å². The molecule has 0 spiro atoms. The van der Waals surface area contributed by atoms with Crippen molar-refractivity contribution in [2.45, 2.75) is 19.9 Å². The van der Waals surface area contributed by atoms with Crippen molar-refractivity contribution in [1.82, 2.24) is 15.5 Å². The van der Waals surface area contributed by atoms with E-state index in [4.69, 9.17) is 4.42 Å². The highest BCUT2D eigenvalue weighted by Gasteiger charge is 2.19. The van der Waals surface area contributed by atoms with Crippen LogP contribution in [0.25, 0.3) is 0 Å². The molecule has 0 amide bonds. The number of halogens is 1. The Hall–Kier alpha value is -0.810. The van der Waals surface area contributed by atoms with Crippen molar-refractivity contribution in [1.29, 1.82) is 0 Å². The molecular formula is C8H15ClN4O. The van der Waals surface area contributed by atoms with Gasteiger partial charge >= 0.3 is 6.01 Å². The molecule has 1 fully saturated rings. The molecule has 1 aromatic heterocycles. The zero-order valence-electron chi connectivity index (χ0n) is 8.36. The number of aryl methyl sites for hydroxylation is 1. The van der Waals surface area contributed by atoms with Crippen LogP contribution in [-0.2, 0) is 0 Å². The summed E-state index contributed by atoms with van der Waals surface area (Å²) in [5.74, 6) is 0.626. The molecular weight excluding hydrogens is 204 g/mol. The lowest BCUT2D eigenvalue weighted by molar-refractivity contribution is 0.438. The highest BCUT2D eigenvalue weighted by molar-refractivity contribution is 5.85. The standard InChI is InChI=1S/C8H14N4O.ClH/c1-6-5-12(4-3-9-6)8-11-10-7(2)13-8;/h6,9H,3-5H2,1-2H3;1H/t6-;/m0./s1. The predicted molar refractivity (Wildman–Crippen MR) is 56.0 cm³/mol. The average molecular weight is 219 g/mol. The van der Waals surface area contributed by atoms with E-state index in [1.807, 2.05) is 6.92 Å². The van der Waals surface area contributed by atoms with E-state index in [1.54, 1.807) is 0 Å². The van der Waals surface area contributed by atoms with Crippen molar-refractivity contribution in [3.8, 4) is 0 Å². The van der Waals surface area contributed by atoms with Gasteiger partial charge in [0, 0.05) is 32.6 Å². The van der Waals surface area contributed by atoms with Gasteiger partial charge < -0.3 is 14.6 Å². The largest absolute Gasteiger partial charge is 0.408 e. The normalized spacial score (nSPS) is 21.9. The Balaban J connectivity index is 0.000000980. The first-order valence-electron chi connectivity index (χ1n) is 4.54. The molecule has 1 atom stereocenters. The smallest absolute Gasteiger partial charge is 0.318 e. The van der Waals surface area contributed by atoms with Crippen LogP contribution in [0, 0.1) is 6.92 Å². The Kier molecular flexibility index (Phi) is 3.71. The van der Waals surface area contributed by atoms with Crippen LogP contribution in [0.15, 0.2) is 4.42 Å². The lowest BCUT2D eigenvalue weighted by atomic mass is 10.2. The van der Waals surface area contributed by atoms with Crippen LogP contribution in [0.5, 0.6) is 0 Å². The summed E-state index contributed by atoms with van der Waals surface area (Å²) < 4.78 is 5.35. The Labute approximate surface area is 89.3 Å². The molecule has 0 radical (unpaired) electrons. The van der Waals surface area contributed by atoms with E-state index in [1.165, 1.54) is 0 Å². The summed E-state index contributed by atoms with van der Waals surface area (Å²) in [5, 5.41) is 11.2. The number of hydrogen-bond acceptors (Lipinski definition) is 5. The van der Waals surface area contributed by atoms with Gasteiger partial charge in [-0.05, 0) is 6.92 Å². The lowest BCUT2D eigenvalue weighted by Crippen LogP contribution is -2.49. The van der Waals surface area contributed by atoms with Gasteiger partial charge in [0.15, 0.2) is 0 Å². The maximum atomic E-state index is 5.35. The number of hydrogen-bond donors (Lipinski definition) is 1. The molecule has 0 aromatic carbocycles. The molecule has 1 aliphatic heterocycles. The van der Waals surface area contributed by atoms with Crippen LogP contribution in [0.4, 0.5) is 6.01 Å². The summed E-state index contributed by atoms with van der Waals surface area (Å²) in [6.07, 6.45) is 0. The zero-order chi connectivity index (χ0) is 9.26. The molecule has 2 rings (SSSR count). The molecule has 80 valence electrons. The van der Waals surface area contributed by atoms with Crippen LogP contribution in [0.1, 0.15) is 12.8 Å². The van der Waals surface area contributed by atoms with Gasteiger partial charge in [0.25, 0.3) is 0 Å². The maximum absolute atomic E-state index is 5.35. The van der Waals surface area contributed by atoms with Crippen molar-refractivity contribution < 1.29 is 4.42 Å². The minimum atomic E-state index is 0. The summed E-state index contributed by atoms with van der Waals surface area (Å²) in [6, 6.07) is 1.13. The first-order valence-corrected chi connectivity index (χ1v) is 4.54. The van der Waals surface area contributed by atoms with Crippen molar-refractivity contribution in [2.24, 2.45) is 0 Å². The lowest BCUT2D eigenvalue weighted by Gasteiger charge is -2.30. The van der Waals surface area contributed by atoms with Gasteiger partial charge in [-0.15, -0.1) is 17.5 Å². The van der Waals surface area contributed by atoms with E-state index in [9.17, 15) is 0 Å². The highest BCUT2D eigenvalue weighted by Crippen LogP contribution is 2.13. The zero-order valence-corrected chi connectivity index (χ0v) is 9.17. The molecule has 1 aromatic rings. The summed E-state index contributed by atoms with van der Waals surface area (Å²) >= 11 is 0. The molecule has 0 aliphatic carbocycles. The second kappa shape index (κ2) is 4.61. The Morgan fingerprint density at radius 2 is 2.29 bits per heavy atom. The number of rotatable bonds is 1. The van der Waals surface area contributed by atoms with E-state index in [0.29, 0.717) is 17.9 Å². The summed E-state index contributed by atoms with van der Waals surface area (Å²) in [4.78, 5) is 2.11. The van der Waals surface area contributed by atoms with Gasteiger partial charge in [-0.2, -0.15) is 0 Å². The minimum absolute atomic E-state index is 0. The van der Waals surface area contributed by atoms with Crippen LogP contribution in [0.2, 0.25) is 0 Å². The van der Waals surface area contributed by atoms with Gasteiger partial charge in [-0.1, -0.05) is 5.10 Å². The molecule has 6 heteroatoms. The Bertz CT molecular complexity index is 291. The Morgan fingerprint density at radius 1 is 1.50 bits per heavy atom. The quantitative estimate of drug-likeness (QED) is 0.748. The molecule has 1 saturated heterocycles. The number of aromatic nitrogens is 2.